The average molecular weight is 545 g/mol. The minimum atomic E-state index is -0.0775. The summed E-state index contributed by atoms with van der Waals surface area (Å²) in [7, 11) is 6.93. The molecule has 0 heterocycles. The molecule has 2 N–H and O–H groups in total. The van der Waals surface area contributed by atoms with Crippen molar-refractivity contribution in [2.45, 2.75) is 63.6 Å². The van der Waals surface area contributed by atoms with Gasteiger partial charge in [-0.2, -0.15) is 0 Å². The van der Waals surface area contributed by atoms with Crippen molar-refractivity contribution in [3.8, 4) is 34.1 Å². The summed E-state index contributed by atoms with van der Waals surface area (Å²) in [5.41, 5.74) is 5.33. The number of hydrogen-bond acceptors (Lipinski definition) is 7. The number of aryl methyl sites for hydroxylation is 1. The van der Waals surface area contributed by atoms with Gasteiger partial charge in [0.25, 0.3) is 0 Å². The van der Waals surface area contributed by atoms with Crippen LogP contribution in [0.5, 0.6) is 23.0 Å². The van der Waals surface area contributed by atoms with Crippen LogP contribution in [0.1, 0.15) is 61.3 Å². The van der Waals surface area contributed by atoms with Crippen LogP contribution in [0.25, 0.3) is 11.1 Å². The van der Waals surface area contributed by atoms with Crippen LogP contribution < -0.4 is 25.0 Å². The average Bonchev–Trinajstić information content (AvgIpc) is 3.22. The van der Waals surface area contributed by atoms with Gasteiger partial charge >= 0.3 is 0 Å². The molecule has 2 aliphatic carbocycles. The second kappa shape index (κ2) is 12.2. The summed E-state index contributed by atoms with van der Waals surface area (Å²) in [5, 5.41) is 14.0. The number of ether oxygens (including phenoxy) is 3. The zero-order valence-corrected chi connectivity index (χ0v) is 24.0. The maximum absolute atomic E-state index is 13.8. The van der Waals surface area contributed by atoms with Crippen molar-refractivity contribution in [1.29, 1.82) is 0 Å². The second-order valence-corrected chi connectivity index (χ2v) is 10.9. The van der Waals surface area contributed by atoms with E-state index in [0.717, 1.165) is 53.5 Å². The molecule has 5 rings (SSSR count). The topological polar surface area (TPSA) is 80.3 Å². The standard InChI is InChI=1S/C33H40N2O5/c1-35(20-22-10-8-9-13-28(22)36)27-17-14-21-18-30(38-2)32(39-3)33(40-4)31(21)24-15-16-26(29(37)19-25(24)27)34-23-11-6-5-7-12-23/h8-10,13,15-16,18-19,23,27,36H,5-7,11-12,14,17,20H2,1-4H3,(H,34,37). The van der Waals surface area contributed by atoms with Gasteiger partial charge in [0.2, 0.25) is 11.2 Å². The minimum absolute atomic E-state index is 0.0179. The Kier molecular flexibility index (Phi) is 8.50. The molecular formula is C33H40N2O5. The van der Waals surface area contributed by atoms with Crippen molar-refractivity contribution in [2.24, 2.45) is 0 Å². The van der Waals surface area contributed by atoms with Crippen molar-refractivity contribution >= 4 is 5.69 Å². The Hall–Kier alpha value is -3.71. The van der Waals surface area contributed by atoms with Crippen LogP contribution >= 0.6 is 0 Å². The van der Waals surface area contributed by atoms with Crippen LogP contribution in [0.2, 0.25) is 0 Å². The van der Waals surface area contributed by atoms with E-state index in [1.165, 1.54) is 19.3 Å². The first-order valence-electron chi connectivity index (χ1n) is 14.2. The molecule has 212 valence electrons. The summed E-state index contributed by atoms with van der Waals surface area (Å²) in [5.74, 6) is 2.02. The molecule has 7 heteroatoms. The number of methoxy groups -OCH3 is 3. The molecule has 0 saturated heterocycles. The fourth-order valence-electron chi connectivity index (χ4n) is 6.36. The quantitative estimate of drug-likeness (QED) is 0.344. The van der Waals surface area contributed by atoms with Gasteiger partial charge in [0.1, 0.15) is 5.75 Å². The predicted octanol–water partition coefficient (Wildman–Crippen LogP) is 6.31. The molecule has 3 aromatic carbocycles. The van der Waals surface area contributed by atoms with E-state index < -0.39 is 0 Å². The third-order valence-electron chi connectivity index (χ3n) is 8.42. The van der Waals surface area contributed by atoms with Crippen LogP contribution in [0.3, 0.4) is 0 Å². The van der Waals surface area contributed by atoms with Crippen molar-refractivity contribution in [2.75, 3.05) is 33.7 Å². The molecule has 40 heavy (non-hydrogen) atoms. The van der Waals surface area contributed by atoms with Gasteiger partial charge in [-0.3, -0.25) is 9.69 Å². The zero-order chi connectivity index (χ0) is 28.2. The lowest BCUT2D eigenvalue weighted by molar-refractivity contribution is 0.223. The smallest absolute Gasteiger partial charge is 0.203 e. The summed E-state index contributed by atoms with van der Waals surface area (Å²) < 4.78 is 17.4. The molecular weight excluding hydrogens is 504 g/mol. The van der Waals surface area contributed by atoms with Gasteiger partial charge in [-0.1, -0.05) is 43.5 Å². The fraction of sp³-hybridized carbons (Fsp3) is 0.424. The Morgan fingerprint density at radius 3 is 2.38 bits per heavy atom. The monoisotopic (exact) mass is 544 g/mol. The van der Waals surface area contributed by atoms with Gasteiger partial charge in [0.15, 0.2) is 11.5 Å². The van der Waals surface area contributed by atoms with Crippen LogP contribution in [0.15, 0.2) is 53.3 Å². The van der Waals surface area contributed by atoms with Crippen molar-refractivity contribution < 1.29 is 19.3 Å². The SMILES string of the molecule is COc1cc2c(c(OC)c1OC)-c1ccc(NC3CCCCC3)c(=O)cc1C(N(C)Cc1ccccc1O)CC2. The van der Waals surface area contributed by atoms with Gasteiger partial charge in [0.05, 0.1) is 27.0 Å². The lowest BCUT2D eigenvalue weighted by Gasteiger charge is -2.28. The van der Waals surface area contributed by atoms with Crippen LogP contribution in [0.4, 0.5) is 5.69 Å². The van der Waals surface area contributed by atoms with E-state index in [1.54, 1.807) is 33.5 Å². The molecule has 2 aliphatic rings. The van der Waals surface area contributed by atoms with E-state index in [4.69, 9.17) is 14.2 Å². The first kappa shape index (κ1) is 27.8. The van der Waals surface area contributed by atoms with Crippen molar-refractivity contribution in [3.63, 3.8) is 0 Å². The Morgan fingerprint density at radius 2 is 1.68 bits per heavy atom. The Balaban J connectivity index is 1.67. The highest BCUT2D eigenvalue weighted by Gasteiger charge is 2.31. The number of para-hydroxylation sites is 1. The molecule has 1 atom stereocenters. The maximum atomic E-state index is 13.8. The first-order chi connectivity index (χ1) is 19.4. The first-order valence-corrected chi connectivity index (χ1v) is 14.2. The highest BCUT2D eigenvalue weighted by atomic mass is 16.5. The minimum Gasteiger partial charge on any atom is -0.508 e. The van der Waals surface area contributed by atoms with E-state index in [2.05, 4.69) is 16.3 Å². The van der Waals surface area contributed by atoms with Gasteiger partial charge in [0, 0.05) is 29.8 Å². The molecule has 3 aromatic rings. The van der Waals surface area contributed by atoms with Crippen molar-refractivity contribution in [3.05, 3.63) is 75.4 Å². The molecule has 0 amide bonds. The van der Waals surface area contributed by atoms with Gasteiger partial charge in [-0.15, -0.1) is 0 Å². The normalized spacial score (nSPS) is 17.0. The maximum Gasteiger partial charge on any atom is 0.203 e. The number of nitrogens with one attached hydrogen (secondary N) is 1. The summed E-state index contributed by atoms with van der Waals surface area (Å²) in [4.78, 5) is 16.0. The lowest BCUT2D eigenvalue weighted by atomic mass is 9.95. The van der Waals surface area contributed by atoms with E-state index in [9.17, 15) is 9.90 Å². The number of rotatable bonds is 8. The van der Waals surface area contributed by atoms with Gasteiger partial charge in [-0.05, 0) is 73.7 Å². The Labute approximate surface area is 236 Å². The summed E-state index contributed by atoms with van der Waals surface area (Å²) in [6.07, 6.45) is 7.32. The summed E-state index contributed by atoms with van der Waals surface area (Å²) in [6, 6.07) is 15.5. The van der Waals surface area contributed by atoms with Crippen LogP contribution in [0, 0.1) is 0 Å². The zero-order valence-electron chi connectivity index (χ0n) is 24.0. The largest absolute Gasteiger partial charge is 0.508 e. The number of phenolic OH excluding ortho intramolecular Hbond substituents is 1. The molecule has 1 unspecified atom stereocenters. The molecule has 1 saturated carbocycles. The van der Waals surface area contributed by atoms with E-state index >= 15 is 0 Å². The highest BCUT2D eigenvalue weighted by Crippen LogP contribution is 2.51. The van der Waals surface area contributed by atoms with Gasteiger partial charge < -0.3 is 24.6 Å². The number of hydrogen-bond donors (Lipinski definition) is 2. The van der Waals surface area contributed by atoms with Crippen LogP contribution in [-0.2, 0) is 13.0 Å². The number of fused-ring (bicyclic) bond motifs is 3. The second-order valence-electron chi connectivity index (χ2n) is 10.9. The van der Waals surface area contributed by atoms with E-state index in [0.29, 0.717) is 35.5 Å². The molecule has 1 fully saturated rings. The predicted molar refractivity (Wildman–Crippen MR) is 159 cm³/mol. The molecule has 0 radical (unpaired) electrons. The highest BCUT2D eigenvalue weighted by molar-refractivity contribution is 5.83. The molecule has 0 aromatic heterocycles. The lowest BCUT2D eigenvalue weighted by Crippen LogP contribution is -2.26. The van der Waals surface area contributed by atoms with E-state index in [-0.39, 0.29) is 17.2 Å². The molecule has 0 spiro atoms. The van der Waals surface area contributed by atoms with E-state index in [1.807, 2.05) is 37.4 Å². The molecule has 0 bridgehead atoms. The number of nitrogens with zero attached hydrogens (tertiary/aromatic N) is 1. The van der Waals surface area contributed by atoms with Crippen LogP contribution in [-0.4, -0.2) is 44.4 Å². The number of benzene rings is 2. The third-order valence-corrected chi connectivity index (χ3v) is 8.42. The third kappa shape index (κ3) is 5.48. The molecule has 0 aliphatic heterocycles. The van der Waals surface area contributed by atoms with Crippen molar-refractivity contribution in [1.82, 2.24) is 4.90 Å². The summed E-state index contributed by atoms with van der Waals surface area (Å²) >= 11 is 0. The number of phenols is 1. The Morgan fingerprint density at radius 1 is 0.925 bits per heavy atom. The molecule has 7 nitrogen and oxygen atoms in total. The Bertz CT molecular complexity index is 1420. The van der Waals surface area contributed by atoms with Gasteiger partial charge in [-0.25, -0.2) is 0 Å². The summed E-state index contributed by atoms with van der Waals surface area (Å²) in [6.45, 7) is 0.539. The number of aromatic hydroxyl groups is 1. The number of anilines is 1. The fourth-order valence-corrected chi connectivity index (χ4v) is 6.36.